The summed E-state index contributed by atoms with van der Waals surface area (Å²) in [7, 11) is 0. The van der Waals surface area contributed by atoms with E-state index in [2.05, 4.69) is 10.1 Å². The first-order chi connectivity index (χ1) is 12.6. The summed E-state index contributed by atoms with van der Waals surface area (Å²) < 4.78 is 1.70. The average molecular weight is 343 g/mol. The maximum Gasteiger partial charge on any atom is 0.254 e. The van der Waals surface area contributed by atoms with Crippen LogP contribution < -0.4 is 10.6 Å². The van der Waals surface area contributed by atoms with Crippen LogP contribution >= 0.6 is 0 Å². The summed E-state index contributed by atoms with van der Waals surface area (Å²) in [4.78, 5) is 18.4. The highest BCUT2D eigenvalue weighted by Gasteiger charge is 2.21. The molecular weight excluding hydrogens is 326 g/mol. The van der Waals surface area contributed by atoms with E-state index in [-0.39, 0.29) is 0 Å². The molecule has 0 aliphatic heterocycles. The van der Waals surface area contributed by atoms with Crippen molar-refractivity contribution in [2.75, 3.05) is 4.90 Å². The molecule has 4 rings (SSSR count). The van der Waals surface area contributed by atoms with E-state index >= 15 is 0 Å². The van der Waals surface area contributed by atoms with Gasteiger partial charge in [-0.25, -0.2) is 4.52 Å². The minimum atomic E-state index is -0.498. The van der Waals surface area contributed by atoms with E-state index in [0.29, 0.717) is 17.2 Å². The van der Waals surface area contributed by atoms with E-state index in [4.69, 9.17) is 5.73 Å². The fourth-order valence-corrected chi connectivity index (χ4v) is 2.92. The number of benzene rings is 2. The molecule has 0 bridgehead atoms. The molecule has 2 heterocycles. The van der Waals surface area contributed by atoms with E-state index < -0.39 is 5.91 Å². The van der Waals surface area contributed by atoms with Gasteiger partial charge in [0.1, 0.15) is 0 Å². The summed E-state index contributed by atoms with van der Waals surface area (Å²) in [5.41, 5.74) is 9.32. The lowest BCUT2D eigenvalue weighted by Gasteiger charge is -2.23. The molecule has 6 nitrogen and oxygen atoms in total. The number of anilines is 3. The lowest BCUT2D eigenvalue weighted by atomic mass is 10.1. The number of primary amides is 1. The second kappa shape index (κ2) is 6.33. The van der Waals surface area contributed by atoms with Crippen molar-refractivity contribution < 1.29 is 4.79 Å². The van der Waals surface area contributed by atoms with Gasteiger partial charge < -0.3 is 5.73 Å². The first-order valence-corrected chi connectivity index (χ1v) is 8.20. The Kier molecular flexibility index (Phi) is 3.85. The third kappa shape index (κ3) is 2.77. The van der Waals surface area contributed by atoms with E-state index in [1.165, 1.54) is 0 Å². The minimum absolute atomic E-state index is 0.410. The van der Waals surface area contributed by atoms with E-state index in [0.717, 1.165) is 16.9 Å². The Balaban J connectivity index is 1.97. The highest BCUT2D eigenvalue weighted by Crippen LogP contribution is 2.35. The van der Waals surface area contributed by atoms with Crippen molar-refractivity contribution in [3.8, 4) is 0 Å². The Morgan fingerprint density at radius 3 is 2.62 bits per heavy atom. The fraction of sp³-hybridized carbons (Fsp3) is 0.0500. The molecule has 4 aromatic rings. The van der Waals surface area contributed by atoms with Crippen LogP contribution in [-0.2, 0) is 0 Å². The second-order valence-corrected chi connectivity index (χ2v) is 5.97. The molecule has 0 atom stereocenters. The van der Waals surface area contributed by atoms with Gasteiger partial charge in [-0.05, 0) is 48.9 Å². The number of hydrogen-bond donors (Lipinski definition) is 1. The maximum atomic E-state index is 12.0. The topological polar surface area (TPSA) is 76.5 Å². The Labute approximate surface area is 150 Å². The number of pyridine rings is 1. The van der Waals surface area contributed by atoms with Crippen LogP contribution in [0.2, 0.25) is 0 Å². The minimum Gasteiger partial charge on any atom is -0.366 e. The van der Waals surface area contributed by atoms with Crippen molar-refractivity contribution in [2.45, 2.75) is 6.92 Å². The fourth-order valence-electron chi connectivity index (χ4n) is 2.92. The molecule has 0 aliphatic carbocycles. The predicted molar refractivity (Wildman–Crippen MR) is 101 cm³/mol. The third-order valence-electron chi connectivity index (χ3n) is 4.10. The summed E-state index contributed by atoms with van der Waals surface area (Å²) in [6.07, 6.45) is 1.83. The van der Waals surface area contributed by atoms with Crippen LogP contribution in [-0.4, -0.2) is 20.5 Å². The van der Waals surface area contributed by atoms with Crippen LogP contribution in [0.4, 0.5) is 17.3 Å². The number of fused-ring (bicyclic) bond motifs is 1. The lowest BCUT2D eigenvalue weighted by Crippen LogP contribution is -2.19. The van der Waals surface area contributed by atoms with Gasteiger partial charge in [0.05, 0.1) is 11.3 Å². The molecule has 0 saturated carbocycles. The third-order valence-corrected chi connectivity index (χ3v) is 4.10. The van der Waals surface area contributed by atoms with Crippen molar-refractivity contribution in [3.63, 3.8) is 0 Å². The summed E-state index contributed by atoms with van der Waals surface area (Å²) in [6.45, 7) is 2.01. The molecule has 0 unspecified atom stereocenters. The Morgan fingerprint density at radius 2 is 1.85 bits per heavy atom. The average Bonchev–Trinajstić information content (AvgIpc) is 3.06. The molecule has 2 aromatic heterocycles. The zero-order chi connectivity index (χ0) is 18.1. The van der Waals surface area contributed by atoms with Gasteiger partial charge in [-0.1, -0.05) is 30.3 Å². The number of amides is 1. The van der Waals surface area contributed by atoms with E-state index in [1.54, 1.807) is 16.6 Å². The first kappa shape index (κ1) is 15.8. The first-order valence-electron chi connectivity index (χ1n) is 8.20. The van der Waals surface area contributed by atoms with Crippen LogP contribution in [0.3, 0.4) is 0 Å². The normalized spacial score (nSPS) is 10.8. The van der Waals surface area contributed by atoms with Gasteiger partial charge in [0.15, 0.2) is 5.65 Å². The van der Waals surface area contributed by atoms with Crippen LogP contribution in [0.15, 0.2) is 72.9 Å². The Morgan fingerprint density at radius 1 is 1.04 bits per heavy atom. The number of aromatic nitrogens is 3. The van der Waals surface area contributed by atoms with Gasteiger partial charge in [0.25, 0.3) is 11.9 Å². The molecule has 26 heavy (non-hydrogen) atoms. The SMILES string of the molecule is Cc1cccc(N(c2nc3ccccn3n2)c2ccccc2C(N)=O)c1. The quantitative estimate of drug-likeness (QED) is 0.614. The zero-order valence-electron chi connectivity index (χ0n) is 14.2. The maximum absolute atomic E-state index is 12.0. The molecule has 0 radical (unpaired) electrons. The van der Waals surface area contributed by atoms with Gasteiger partial charge in [-0.2, -0.15) is 4.98 Å². The summed E-state index contributed by atoms with van der Waals surface area (Å²) >= 11 is 0. The summed E-state index contributed by atoms with van der Waals surface area (Å²) in [6, 6.07) is 20.8. The molecule has 0 fully saturated rings. The number of nitrogens with two attached hydrogens (primary N) is 1. The molecule has 0 spiro atoms. The van der Waals surface area contributed by atoms with Crippen molar-refractivity contribution in [1.82, 2.24) is 14.6 Å². The summed E-state index contributed by atoms with van der Waals surface area (Å²) in [5.74, 6) is -0.0301. The van der Waals surface area contributed by atoms with Crippen LogP contribution in [0.1, 0.15) is 15.9 Å². The van der Waals surface area contributed by atoms with Gasteiger partial charge in [-0.3, -0.25) is 9.69 Å². The van der Waals surface area contributed by atoms with Gasteiger partial charge >= 0.3 is 0 Å². The van der Waals surface area contributed by atoms with Crippen molar-refractivity contribution in [3.05, 3.63) is 84.1 Å². The number of aryl methyl sites for hydroxylation is 1. The van der Waals surface area contributed by atoms with E-state index in [9.17, 15) is 4.79 Å². The second-order valence-electron chi connectivity index (χ2n) is 5.97. The molecule has 2 N–H and O–H groups in total. The van der Waals surface area contributed by atoms with Crippen molar-refractivity contribution in [2.24, 2.45) is 5.73 Å². The summed E-state index contributed by atoms with van der Waals surface area (Å²) in [5, 5.41) is 4.58. The monoisotopic (exact) mass is 343 g/mol. The standard InChI is InChI=1S/C20H17N5O/c1-14-7-6-8-15(13-14)25(17-10-3-2-9-16(17)19(21)26)20-22-18-11-4-5-12-24(18)23-20/h2-13H,1H3,(H2,21,26). The number of rotatable bonds is 4. The van der Waals surface area contributed by atoms with Crippen molar-refractivity contribution in [1.29, 1.82) is 0 Å². The largest absolute Gasteiger partial charge is 0.366 e. The smallest absolute Gasteiger partial charge is 0.254 e. The lowest BCUT2D eigenvalue weighted by molar-refractivity contribution is 0.100. The van der Waals surface area contributed by atoms with Crippen LogP contribution in [0.5, 0.6) is 0 Å². The van der Waals surface area contributed by atoms with Gasteiger partial charge in [0, 0.05) is 11.9 Å². The molecular formula is C20H17N5O. The number of nitrogens with zero attached hydrogens (tertiary/aromatic N) is 4. The highest BCUT2D eigenvalue weighted by molar-refractivity contribution is 6.00. The zero-order valence-corrected chi connectivity index (χ0v) is 14.2. The van der Waals surface area contributed by atoms with Crippen LogP contribution in [0.25, 0.3) is 5.65 Å². The van der Waals surface area contributed by atoms with Crippen molar-refractivity contribution >= 4 is 28.9 Å². The highest BCUT2D eigenvalue weighted by atomic mass is 16.1. The predicted octanol–water partition coefficient (Wildman–Crippen LogP) is 3.61. The molecule has 6 heteroatoms. The molecule has 2 aromatic carbocycles. The Bertz CT molecular complexity index is 1070. The van der Waals surface area contributed by atoms with Gasteiger partial charge in [0.2, 0.25) is 0 Å². The molecule has 1 amide bonds. The van der Waals surface area contributed by atoms with E-state index in [1.807, 2.05) is 72.6 Å². The number of para-hydroxylation sites is 1. The van der Waals surface area contributed by atoms with Gasteiger partial charge in [-0.15, -0.1) is 5.10 Å². The van der Waals surface area contributed by atoms with Crippen LogP contribution in [0, 0.1) is 6.92 Å². The number of hydrogen-bond acceptors (Lipinski definition) is 4. The number of carbonyl (C=O) groups is 1. The molecule has 0 saturated heterocycles. The Hall–Kier alpha value is -3.67. The number of carbonyl (C=O) groups excluding carboxylic acids is 1. The molecule has 128 valence electrons. The molecule has 0 aliphatic rings.